The highest BCUT2D eigenvalue weighted by Crippen LogP contribution is 2.57. The van der Waals surface area contributed by atoms with Crippen molar-refractivity contribution < 1.29 is 17.7 Å². The second kappa shape index (κ2) is 26.9. The van der Waals surface area contributed by atoms with E-state index in [4.69, 9.17) is 24.2 Å². The van der Waals surface area contributed by atoms with E-state index >= 15 is 0 Å². The lowest BCUT2D eigenvalue weighted by molar-refractivity contribution is 0.671. The number of benzene rings is 18. The van der Waals surface area contributed by atoms with Gasteiger partial charge in [-0.1, -0.05) is 279 Å². The third-order valence-electron chi connectivity index (χ3n) is 25.2. The van der Waals surface area contributed by atoms with Crippen molar-refractivity contribution in [2.24, 2.45) is 0 Å². The number of para-hydroxylation sites is 8. The summed E-state index contributed by atoms with van der Waals surface area (Å²) >= 11 is 0. The monoisotopic (exact) mass is 1580 g/mol. The maximum Gasteiger partial charge on any atom is 0.220 e. The molecule has 0 amide bonds. The predicted octanol–water partition coefficient (Wildman–Crippen LogP) is 30.9. The number of nitriles is 2. The topological polar surface area (TPSA) is 129 Å². The van der Waals surface area contributed by atoms with Gasteiger partial charge in [0.25, 0.3) is 0 Å². The molecule has 0 fully saturated rings. The van der Waals surface area contributed by atoms with Crippen molar-refractivity contribution >= 4 is 186 Å². The van der Waals surface area contributed by atoms with E-state index in [1.807, 2.05) is 194 Å². The van der Waals surface area contributed by atoms with E-state index in [1.54, 1.807) is 0 Å². The van der Waals surface area contributed by atoms with Crippen LogP contribution in [0.25, 0.3) is 252 Å². The van der Waals surface area contributed by atoms with Gasteiger partial charge in [-0.15, -0.1) is 0 Å². The summed E-state index contributed by atoms with van der Waals surface area (Å²) in [6.45, 7) is 18.4. The van der Waals surface area contributed by atoms with E-state index in [2.05, 4.69) is 210 Å². The number of fused-ring (bicyclic) bond motifs is 28. The van der Waals surface area contributed by atoms with E-state index in [0.717, 1.165) is 208 Å². The normalized spacial score (nSPS) is 11.8. The van der Waals surface area contributed by atoms with Gasteiger partial charge in [-0.2, -0.15) is 10.5 Å². The molecule has 8 heterocycles. The van der Waals surface area contributed by atoms with Crippen LogP contribution in [0.3, 0.4) is 0 Å². The van der Waals surface area contributed by atoms with Gasteiger partial charge in [-0.05, 0) is 107 Å². The molecule has 12 heteroatoms. The van der Waals surface area contributed by atoms with Crippen molar-refractivity contribution in [2.75, 3.05) is 0 Å². The highest BCUT2D eigenvalue weighted by atomic mass is 16.3. The van der Waals surface area contributed by atoms with E-state index in [1.165, 1.54) is 0 Å². The number of aromatic nitrogens is 4. The Balaban J connectivity index is 0.000000136. The molecule has 0 atom stereocenters. The quantitative estimate of drug-likeness (QED) is 0.139. The van der Waals surface area contributed by atoms with Crippen molar-refractivity contribution in [3.05, 3.63) is 398 Å². The van der Waals surface area contributed by atoms with Crippen molar-refractivity contribution in [1.29, 1.82) is 10.5 Å². The maximum absolute atomic E-state index is 11.8. The summed E-state index contributed by atoms with van der Waals surface area (Å²) < 4.78 is 36.1. The highest BCUT2D eigenvalue weighted by Gasteiger charge is 2.36. The molecule has 0 aliphatic heterocycles. The summed E-state index contributed by atoms with van der Waals surface area (Å²) in [5, 5.41) is 39.6. The average Bonchev–Trinajstić information content (AvgIpc) is 1.47. The molecule has 0 aliphatic carbocycles. The molecule has 572 valence electrons. The molecule has 8 aromatic heterocycles. The third kappa shape index (κ3) is 9.73. The first-order chi connectivity index (χ1) is 61.5. The first-order valence-electron chi connectivity index (χ1n) is 41.1. The fourth-order valence-electron chi connectivity index (χ4n) is 20.1. The van der Waals surface area contributed by atoms with Crippen molar-refractivity contribution in [3.8, 4) is 79.4 Å². The molecule has 0 spiro atoms. The van der Waals surface area contributed by atoms with Gasteiger partial charge < -0.3 is 35.9 Å². The van der Waals surface area contributed by atoms with Crippen LogP contribution in [0.4, 0.5) is 11.4 Å². The van der Waals surface area contributed by atoms with Crippen LogP contribution in [0.1, 0.15) is 11.1 Å². The van der Waals surface area contributed by atoms with Crippen LogP contribution < -0.4 is 0 Å². The van der Waals surface area contributed by atoms with Gasteiger partial charge in [0, 0.05) is 97.7 Å². The summed E-state index contributed by atoms with van der Waals surface area (Å²) in [6, 6.07) is 129. The Hall–Kier alpha value is -17.7. The van der Waals surface area contributed by atoms with Crippen LogP contribution >= 0.6 is 0 Å². The van der Waals surface area contributed by atoms with Gasteiger partial charge in [0.15, 0.2) is 11.2 Å². The van der Waals surface area contributed by atoms with E-state index in [0.29, 0.717) is 56.4 Å². The Labute approximate surface area is 705 Å². The Bertz CT molecular complexity index is 8850. The largest absolute Gasteiger partial charge is 0.455 e. The van der Waals surface area contributed by atoms with Gasteiger partial charge in [0.05, 0.1) is 102 Å². The Kier molecular flexibility index (Phi) is 15.1. The molecular formula is C112H60N8O4. The van der Waals surface area contributed by atoms with Crippen LogP contribution in [0, 0.1) is 35.8 Å². The van der Waals surface area contributed by atoms with E-state index in [9.17, 15) is 17.1 Å². The van der Waals surface area contributed by atoms with Crippen LogP contribution in [0.15, 0.2) is 382 Å². The Morgan fingerprint density at radius 2 is 0.476 bits per heavy atom. The number of nitrogens with zero attached hydrogens (tertiary/aromatic N) is 8. The van der Waals surface area contributed by atoms with Crippen molar-refractivity contribution in [2.45, 2.75) is 0 Å². The highest BCUT2D eigenvalue weighted by molar-refractivity contribution is 6.29. The molecule has 0 saturated carbocycles. The zero-order chi connectivity index (χ0) is 82.1. The molecule has 0 aliphatic rings. The summed E-state index contributed by atoms with van der Waals surface area (Å²) in [7, 11) is 0. The standard InChI is InChI=1S/2C56H30N4O2/c1-58-52-48(33-16-4-2-5-17-33)41(32-57)53(59-42-24-12-8-22-39(42)50-44(59)30-28-37-35-20-10-14-26-46(35)61-55(37)50)49(34-18-6-3-7-19-34)54(52)60-43-25-13-9-23-40(43)51-45(60)31-29-38-36-21-11-15-27-47(36)62-56(38)51;1-58-50-48(33-16-4-2-5-17-33)43(32-57)51(59-44-24-12-8-20-35(44)39-28-30-41-37-22-10-14-26-46(37)61-55(41)52(39)59)49(34-18-6-3-7-19-34)54(50)60-45-25-13-9-21-36(45)40-29-31-42-38-23-11-15-27-47(38)62-56(42)53(40)60/h2*2-31H. The maximum atomic E-state index is 11.8. The Morgan fingerprint density at radius 3 is 0.839 bits per heavy atom. The van der Waals surface area contributed by atoms with Gasteiger partial charge in [0.2, 0.25) is 11.4 Å². The summed E-state index contributed by atoms with van der Waals surface area (Å²) in [4.78, 5) is 8.93. The summed E-state index contributed by atoms with van der Waals surface area (Å²) in [5.74, 6) is 0. The van der Waals surface area contributed by atoms with Gasteiger partial charge >= 0.3 is 0 Å². The van der Waals surface area contributed by atoms with Crippen LogP contribution in [-0.2, 0) is 0 Å². The second-order valence-corrected chi connectivity index (χ2v) is 31.4. The van der Waals surface area contributed by atoms with Gasteiger partial charge in [0.1, 0.15) is 45.6 Å². The number of rotatable bonds is 8. The van der Waals surface area contributed by atoms with Gasteiger partial charge in [-0.3, -0.25) is 0 Å². The van der Waals surface area contributed by atoms with Crippen molar-refractivity contribution in [3.63, 3.8) is 0 Å². The minimum atomic E-state index is 0.362. The lowest BCUT2D eigenvalue weighted by Crippen LogP contribution is -2.09. The summed E-state index contributed by atoms with van der Waals surface area (Å²) in [6.07, 6.45) is 0. The minimum Gasteiger partial charge on any atom is -0.455 e. The molecular weight excluding hydrogens is 1520 g/mol. The van der Waals surface area contributed by atoms with Crippen LogP contribution in [-0.4, -0.2) is 18.3 Å². The van der Waals surface area contributed by atoms with Crippen LogP contribution in [0.2, 0.25) is 0 Å². The SMILES string of the molecule is [C-]#[N+]c1c(-c2ccccc2)c(C#N)c(-n2c3ccccc3c3c4oc5ccccc5c4ccc32)c(-c2ccccc2)c1-n1c2ccccc2c2c3oc4ccccc4c3ccc21.[C-]#[N+]c1c(-c2ccccc2)c(C#N)c(-n2c3ccccc3c3ccc4c5ccccc5oc4c32)c(-c2ccccc2)c1-n1c2ccccc2c2ccc3c4ccccc4oc3c21. The average molecular weight is 1580 g/mol. The number of furan rings is 4. The van der Waals surface area contributed by atoms with Crippen LogP contribution in [0.5, 0.6) is 0 Å². The minimum absolute atomic E-state index is 0.362. The molecule has 0 bridgehead atoms. The smallest absolute Gasteiger partial charge is 0.220 e. The second-order valence-electron chi connectivity index (χ2n) is 31.4. The molecule has 12 nitrogen and oxygen atoms in total. The number of hydrogen-bond acceptors (Lipinski definition) is 6. The fraction of sp³-hybridized carbons (Fsp3) is 0. The molecule has 18 aromatic carbocycles. The molecule has 26 aromatic rings. The molecule has 0 saturated heterocycles. The Morgan fingerprint density at radius 1 is 0.218 bits per heavy atom. The molecule has 26 rings (SSSR count). The fourth-order valence-corrected chi connectivity index (χ4v) is 20.1. The van der Waals surface area contributed by atoms with Crippen molar-refractivity contribution in [1.82, 2.24) is 18.3 Å². The predicted molar refractivity (Wildman–Crippen MR) is 503 cm³/mol. The zero-order valence-corrected chi connectivity index (χ0v) is 65.9. The molecule has 0 unspecified atom stereocenters. The lowest BCUT2D eigenvalue weighted by Gasteiger charge is -2.25. The molecule has 124 heavy (non-hydrogen) atoms. The summed E-state index contributed by atoms with van der Waals surface area (Å²) in [5.41, 5.74) is 23.4. The van der Waals surface area contributed by atoms with Gasteiger partial charge in [-0.25, -0.2) is 9.69 Å². The first-order valence-corrected chi connectivity index (χ1v) is 41.1. The third-order valence-corrected chi connectivity index (χ3v) is 25.2. The zero-order valence-electron chi connectivity index (χ0n) is 65.9. The van der Waals surface area contributed by atoms with E-state index in [-0.39, 0.29) is 0 Å². The molecule has 0 N–H and O–H groups in total. The number of hydrogen-bond donors (Lipinski definition) is 0. The lowest BCUT2D eigenvalue weighted by atomic mass is 9.88. The van der Waals surface area contributed by atoms with E-state index < -0.39 is 0 Å². The first kappa shape index (κ1) is 69.4. The molecule has 0 radical (unpaired) electrons.